The van der Waals surface area contributed by atoms with Crippen molar-refractivity contribution in [1.29, 1.82) is 0 Å². The number of aromatic nitrogens is 2. The lowest BCUT2D eigenvalue weighted by Gasteiger charge is -2.31. The number of hydrogen-bond acceptors (Lipinski definition) is 6. The average molecular weight is 413 g/mol. The number of carbonyl (C=O) groups is 1. The molecule has 1 aliphatic rings. The third kappa shape index (κ3) is 4.72. The Hall–Kier alpha value is -2.55. The number of morpholine rings is 1. The van der Waals surface area contributed by atoms with Crippen LogP contribution in [0.1, 0.15) is 20.8 Å². The number of fused-ring (bicyclic) bond motifs is 1. The molecule has 1 amide bonds. The lowest BCUT2D eigenvalue weighted by molar-refractivity contribution is 0.0333. The first-order valence-electron chi connectivity index (χ1n) is 9.73. The fraction of sp³-hybridized carbons (Fsp3) is 0.381. The summed E-state index contributed by atoms with van der Waals surface area (Å²) in [7, 11) is 0. The molecule has 8 heteroatoms. The summed E-state index contributed by atoms with van der Waals surface area (Å²) in [5.74, 6) is -0.380. The molecule has 1 aromatic carbocycles. The van der Waals surface area contributed by atoms with Crippen LogP contribution in [0.3, 0.4) is 0 Å². The summed E-state index contributed by atoms with van der Waals surface area (Å²) in [5, 5.41) is 3.07. The Morgan fingerprint density at radius 1 is 1.28 bits per heavy atom. The summed E-state index contributed by atoms with van der Waals surface area (Å²) in [4.78, 5) is 33.8. The molecule has 7 nitrogen and oxygen atoms in total. The number of thiazole rings is 1. The highest BCUT2D eigenvalue weighted by molar-refractivity contribution is 7.16. The molecule has 29 heavy (non-hydrogen) atoms. The molecule has 4 rings (SSSR count). The molecule has 2 aromatic heterocycles. The van der Waals surface area contributed by atoms with Crippen LogP contribution >= 0.6 is 11.3 Å². The van der Waals surface area contributed by atoms with Crippen molar-refractivity contribution in [2.75, 3.05) is 32.8 Å². The first kappa shape index (κ1) is 19.8. The van der Waals surface area contributed by atoms with E-state index in [0.717, 1.165) is 23.5 Å². The molecule has 3 heterocycles. The number of carbonyl (C=O) groups excluding carboxylic acids is 1. The van der Waals surface area contributed by atoms with Gasteiger partial charge in [0.05, 0.1) is 13.2 Å². The molecule has 0 saturated carbocycles. The Kier molecular flexibility index (Phi) is 6.03. The van der Waals surface area contributed by atoms with Crippen molar-refractivity contribution in [1.82, 2.24) is 19.6 Å². The topological polar surface area (TPSA) is 75.9 Å². The van der Waals surface area contributed by atoms with Crippen molar-refractivity contribution in [3.05, 3.63) is 69.1 Å². The lowest BCUT2D eigenvalue weighted by atomic mass is 10.0. The van der Waals surface area contributed by atoms with Crippen molar-refractivity contribution in [2.45, 2.75) is 19.4 Å². The molecule has 152 valence electrons. The minimum atomic E-state index is -0.380. The van der Waals surface area contributed by atoms with E-state index in [4.69, 9.17) is 4.74 Å². The van der Waals surface area contributed by atoms with Gasteiger partial charge in [-0.2, -0.15) is 0 Å². The van der Waals surface area contributed by atoms with Crippen molar-refractivity contribution in [2.24, 2.45) is 0 Å². The van der Waals surface area contributed by atoms with Crippen LogP contribution < -0.4 is 10.9 Å². The zero-order valence-electron chi connectivity index (χ0n) is 16.3. The summed E-state index contributed by atoms with van der Waals surface area (Å²) in [5.41, 5.74) is 0.881. The van der Waals surface area contributed by atoms with Crippen LogP contribution in [0, 0.1) is 6.92 Å². The first-order valence-corrected chi connectivity index (χ1v) is 10.5. The van der Waals surface area contributed by atoms with E-state index in [1.165, 1.54) is 21.9 Å². The third-order valence-electron chi connectivity index (χ3n) is 5.01. The molecule has 0 aliphatic carbocycles. The third-order valence-corrected chi connectivity index (χ3v) is 5.92. The monoisotopic (exact) mass is 412 g/mol. The second-order valence-corrected chi connectivity index (χ2v) is 8.46. The Morgan fingerprint density at radius 2 is 2.03 bits per heavy atom. The maximum Gasteiger partial charge on any atom is 0.271 e. The number of nitrogens with zero attached hydrogens (tertiary/aromatic N) is 3. The molecule has 0 bridgehead atoms. The fourth-order valence-electron chi connectivity index (χ4n) is 3.57. The molecule has 0 spiro atoms. The van der Waals surface area contributed by atoms with Gasteiger partial charge in [0.15, 0.2) is 4.96 Å². The summed E-state index contributed by atoms with van der Waals surface area (Å²) in [6, 6.07) is 9.94. The highest BCUT2D eigenvalue weighted by atomic mass is 32.1. The van der Waals surface area contributed by atoms with E-state index >= 15 is 0 Å². The van der Waals surface area contributed by atoms with E-state index in [2.05, 4.69) is 27.3 Å². The number of benzene rings is 1. The van der Waals surface area contributed by atoms with Crippen molar-refractivity contribution in [3.8, 4) is 0 Å². The Balaban J connectivity index is 1.54. The molecule has 1 aliphatic heterocycles. The van der Waals surface area contributed by atoms with E-state index in [9.17, 15) is 9.59 Å². The number of nitrogens with one attached hydrogen (secondary N) is 1. The van der Waals surface area contributed by atoms with Crippen molar-refractivity contribution in [3.63, 3.8) is 0 Å². The Morgan fingerprint density at radius 3 is 2.79 bits per heavy atom. The van der Waals surface area contributed by atoms with E-state index < -0.39 is 0 Å². The van der Waals surface area contributed by atoms with Gasteiger partial charge in [-0.3, -0.25) is 18.9 Å². The van der Waals surface area contributed by atoms with Gasteiger partial charge in [0, 0.05) is 42.9 Å². The molecule has 1 N–H and O–H groups in total. The van der Waals surface area contributed by atoms with Crippen LogP contribution in [-0.4, -0.2) is 59.1 Å². The van der Waals surface area contributed by atoms with Gasteiger partial charge in [0.2, 0.25) is 0 Å². The van der Waals surface area contributed by atoms with E-state index in [0.29, 0.717) is 31.1 Å². The SMILES string of the molecule is Cc1cn2c(=O)c(C(=O)N[C@H](Cc3ccccc3)CN3CCOCC3)cnc2s1. The second-order valence-electron chi connectivity index (χ2n) is 7.24. The molecular weight excluding hydrogens is 388 g/mol. The number of ether oxygens (including phenoxy) is 1. The molecule has 1 saturated heterocycles. The summed E-state index contributed by atoms with van der Waals surface area (Å²) >= 11 is 1.43. The van der Waals surface area contributed by atoms with Gasteiger partial charge in [-0.25, -0.2) is 4.98 Å². The first-order chi connectivity index (χ1) is 14.1. The van der Waals surface area contributed by atoms with E-state index in [1.807, 2.05) is 25.1 Å². The van der Waals surface area contributed by atoms with Crippen LogP contribution in [0.15, 0.2) is 47.5 Å². The van der Waals surface area contributed by atoms with Gasteiger partial charge in [0.25, 0.3) is 11.5 Å². The van der Waals surface area contributed by atoms with Gasteiger partial charge >= 0.3 is 0 Å². The predicted octanol–water partition coefficient (Wildman–Crippen LogP) is 1.74. The van der Waals surface area contributed by atoms with Gasteiger partial charge in [0.1, 0.15) is 5.56 Å². The lowest BCUT2D eigenvalue weighted by Crippen LogP contribution is -2.49. The van der Waals surface area contributed by atoms with E-state index in [1.54, 1.807) is 6.20 Å². The van der Waals surface area contributed by atoms with E-state index in [-0.39, 0.29) is 23.1 Å². The quantitative estimate of drug-likeness (QED) is 0.667. The highest BCUT2D eigenvalue weighted by Gasteiger charge is 2.22. The van der Waals surface area contributed by atoms with Gasteiger partial charge in [-0.1, -0.05) is 30.3 Å². The summed E-state index contributed by atoms with van der Waals surface area (Å²) in [6.45, 7) is 5.70. The van der Waals surface area contributed by atoms with Crippen LogP contribution in [0.2, 0.25) is 0 Å². The number of amides is 1. The largest absolute Gasteiger partial charge is 0.379 e. The zero-order chi connectivity index (χ0) is 20.2. The maximum absolute atomic E-state index is 13.0. The minimum absolute atomic E-state index is 0.0698. The average Bonchev–Trinajstić information content (AvgIpc) is 3.11. The molecular formula is C21H24N4O3S. The Bertz CT molecular complexity index is 1040. The fourth-order valence-corrected chi connectivity index (χ4v) is 4.35. The number of rotatable bonds is 6. The standard InChI is InChI=1S/C21H24N4O3S/c1-15-13-25-20(27)18(12-22-21(25)29-15)19(26)23-17(11-16-5-3-2-4-6-16)14-24-7-9-28-10-8-24/h2-6,12-13,17H,7-11,14H2,1H3,(H,23,26)/t17-/m1/s1. The van der Waals surface area contributed by atoms with Crippen LogP contribution in [-0.2, 0) is 11.2 Å². The minimum Gasteiger partial charge on any atom is -0.379 e. The predicted molar refractivity (Wildman–Crippen MR) is 113 cm³/mol. The van der Waals surface area contributed by atoms with Gasteiger partial charge in [-0.15, -0.1) is 11.3 Å². The molecule has 0 radical (unpaired) electrons. The van der Waals surface area contributed by atoms with Crippen molar-refractivity contribution >= 4 is 22.2 Å². The number of hydrogen-bond donors (Lipinski definition) is 1. The maximum atomic E-state index is 13.0. The van der Waals surface area contributed by atoms with Gasteiger partial charge in [-0.05, 0) is 18.9 Å². The summed E-state index contributed by atoms with van der Waals surface area (Å²) < 4.78 is 6.88. The van der Waals surface area contributed by atoms with Crippen LogP contribution in [0.5, 0.6) is 0 Å². The van der Waals surface area contributed by atoms with Crippen LogP contribution in [0.25, 0.3) is 4.96 Å². The summed E-state index contributed by atoms with van der Waals surface area (Å²) in [6.07, 6.45) is 3.80. The van der Waals surface area contributed by atoms with Crippen LogP contribution in [0.4, 0.5) is 0 Å². The number of aryl methyl sites for hydroxylation is 1. The second kappa shape index (κ2) is 8.86. The molecule has 3 aromatic rings. The van der Waals surface area contributed by atoms with Crippen molar-refractivity contribution < 1.29 is 9.53 Å². The molecule has 0 unspecified atom stereocenters. The Labute approximate surface area is 173 Å². The highest BCUT2D eigenvalue weighted by Crippen LogP contribution is 2.13. The molecule has 1 fully saturated rings. The van der Waals surface area contributed by atoms with Gasteiger partial charge < -0.3 is 10.1 Å². The molecule has 1 atom stereocenters. The normalized spacial score (nSPS) is 16.0. The smallest absolute Gasteiger partial charge is 0.271 e. The zero-order valence-corrected chi connectivity index (χ0v) is 17.2.